The first kappa shape index (κ1) is 11.6. The lowest BCUT2D eigenvalue weighted by Crippen LogP contribution is -2.26. The van der Waals surface area contributed by atoms with Crippen molar-refractivity contribution in [1.82, 2.24) is 15.3 Å². The number of aromatic nitrogens is 2. The number of hydrogen-bond donors (Lipinski definition) is 1. The second-order valence-corrected chi connectivity index (χ2v) is 4.80. The molecule has 0 fully saturated rings. The van der Waals surface area contributed by atoms with Crippen LogP contribution in [0.15, 0.2) is 30.3 Å². The van der Waals surface area contributed by atoms with Crippen LogP contribution >= 0.6 is 11.6 Å². The van der Waals surface area contributed by atoms with E-state index in [0.717, 1.165) is 43.0 Å². The zero-order valence-corrected chi connectivity index (χ0v) is 10.7. The molecule has 0 atom stereocenters. The Kier molecular flexibility index (Phi) is 3.26. The maximum atomic E-state index is 6.22. The van der Waals surface area contributed by atoms with Gasteiger partial charge in [-0.05, 0) is 5.56 Å². The SMILES string of the molecule is Clc1nc(Cc2ccccc2)nc2c1CNCC2. The van der Waals surface area contributed by atoms with Gasteiger partial charge in [0.25, 0.3) is 0 Å². The van der Waals surface area contributed by atoms with Crippen molar-refractivity contribution in [2.24, 2.45) is 0 Å². The third-order valence-corrected chi connectivity index (χ3v) is 3.45. The van der Waals surface area contributed by atoms with Crippen LogP contribution in [0.25, 0.3) is 0 Å². The molecule has 18 heavy (non-hydrogen) atoms. The molecule has 0 spiro atoms. The van der Waals surface area contributed by atoms with Crippen LogP contribution in [0.5, 0.6) is 0 Å². The molecular weight excluding hydrogens is 246 g/mol. The summed E-state index contributed by atoms with van der Waals surface area (Å²) in [5.74, 6) is 0.812. The first-order chi connectivity index (χ1) is 8.83. The van der Waals surface area contributed by atoms with E-state index in [2.05, 4.69) is 27.4 Å². The molecule has 0 aliphatic carbocycles. The van der Waals surface area contributed by atoms with Gasteiger partial charge in [0, 0.05) is 31.5 Å². The summed E-state index contributed by atoms with van der Waals surface area (Å²) in [4.78, 5) is 9.03. The number of benzene rings is 1. The predicted molar refractivity (Wildman–Crippen MR) is 71.7 cm³/mol. The van der Waals surface area contributed by atoms with Crippen molar-refractivity contribution in [3.63, 3.8) is 0 Å². The minimum absolute atomic E-state index is 0.595. The van der Waals surface area contributed by atoms with E-state index in [0.29, 0.717) is 5.15 Å². The molecular formula is C14H14ClN3. The van der Waals surface area contributed by atoms with Gasteiger partial charge in [-0.15, -0.1) is 0 Å². The van der Waals surface area contributed by atoms with Crippen LogP contribution in [0.3, 0.4) is 0 Å². The number of nitrogens with one attached hydrogen (secondary N) is 1. The molecule has 0 bridgehead atoms. The van der Waals surface area contributed by atoms with Crippen LogP contribution < -0.4 is 5.32 Å². The Morgan fingerprint density at radius 2 is 2.00 bits per heavy atom. The summed E-state index contributed by atoms with van der Waals surface area (Å²) in [7, 11) is 0. The molecule has 2 heterocycles. The molecule has 0 amide bonds. The molecule has 3 rings (SSSR count). The third kappa shape index (κ3) is 2.37. The van der Waals surface area contributed by atoms with Gasteiger partial charge in [0.05, 0.1) is 5.69 Å². The lowest BCUT2D eigenvalue weighted by molar-refractivity contribution is 0.621. The summed E-state index contributed by atoms with van der Waals surface area (Å²) in [5.41, 5.74) is 3.36. The van der Waals surface area contributed by atoms with Gasteiger partial charge in [-0.25, -0.2) is 9.97 Å². The van der Waals surface area contributed by atoms with Gasteiger partial charge in [0.1, 0.15) is 11.0 Å². The van der Waals surface area contributed by atoms with E-state index < -0.39 is 0 Å². The minimum atomic E-state index is 0.595. The van der Waals surface area contributed by atoms with Crippen LogP contribution in [-0.4, -0.2) is 16.5 Å². The largest absolute Gasteiger partial charge is 0.312 e. The predicted octanol–water partition coefficient (Wildman–Crippen LogP) is 2.37. The lowest BCUT2D eigenvalue weighted by Gasteiger charge is -2.17. The fourth-order valence-corrected chi connectivity index (χ4v) is 2.48. The van der Waals surface area contributed by atoms with Gasteiger partial charge in [-0.3, -0.25) is 0 Å². The Hall–Kier alpha value is -1.45. The number of fused-ring (bicyclic) bond motifs is 1. The standard InChI is InChI=1S/C14H14ClN3/c15-14-11-9-16-7-6-12(11)17-13(18-14)8-10-4-2-1-3-5-10/h1-5,16H,6-9H2. The summed E-state index contributed by atoms with van der Waals surface area (Å²) in [6, 6.07) is 10.2. The summed E-state index contributed by atoms with van der Waals surface area (Å²) in [6.07, 6.45) is 1.67. The maximum Gasteiger partial charge on any atom is 0.137 e. The van der Waals surface area contributed by atoms with Crippen molar-refractivity contribution in [2.75, 3.05) is 6.54 Å². The molecule has 92 valence electrons. The second-order valence-electron chi connectivity index (χ2n) is 4.45. The first-order valence-corrected chi connectivity index (χ1v) is 6.49. The average Bonchev–Trinajstić information content (AvgIpc) is 2.40. The zero-order chi connectivity index (χ0) is 12.4. The maximum absolute atomic E-state index is 6.22. The van der Waals surface area contributed by atoms with E-state index in [1.54, 1.807) is 0 Å². The Bertz CT molecular complexity index is 554. The smallest absolute Gasteiger partial charge is 0.137 e. The normalized spacial score (nSPS) is 14.3. The Labute approximate surface area is 111 Å². The van der Waals surface area contributed by atoms with E-state index in [1.165, 1.54) is 5.56 Å². The molecule has 0 unspecified atom stereocenters. The van der Waals surface area contributed by atoms with Crippen LogP contribution in [-0.2, 0) is 19.4 Å². The molecule has 1 aliphatic rings. The van der Waals surface area contributed by atoms with Crippen molar-refractivity contribution in [3.8, 4) is 0 Å². The van der Waals surface area contributed by atoms with Gasteiger partial charge >= 0.3 is 0 Å². The molecule has 0 radical (unpaired) electrons. The number of rotatable bonds is 2. The van der Waals surface area contributed by atoms with E-state index in [4.69, 9.17) is 11.6 Å². The van der Waals surface area contributed by atoms with Gasteiger partial charge in [-0.1, -0.05) is 41.9 Å². The Balaban J connectivity index is 1.91. The molecule has 0 saturated heterocycles. The summed E-state index contributed by atoms with van der Waals surface area (Å²) >= 11 is 6.22. The van der Waals surface area contributed by atoms with Gasteiger partial charge in [0.2, 0.25) is 0 Å². The topological polar surface area (TPSA) is 37.8 Å². The molecule has 3 nitrogen and oxygen atoms in total. The van der Waals surface area contributed by atoms with Crippen molar-refractivity contribution in [2.45, 2.75) is 19.4 Å². The summed E-state index contributed by atoms with van der Waals surface area (Å²) in [5, 5.41) is 3.88. The molecule has 1 aromatic carbocycles. The summed E-state index contributed by atoms with van der Waals surface area (Å²) in [6.45, 7) is 1.74. The van der Waals surface area contributed by atoms with E-state index in [9.17, 15) is 0 Å². The monoisotopic (exact) mass is 259 g/mol. The average molecular weight is 260 g/mol. The highest BCUT2D eigenvalue weighted by molar-refractivity contribution is 6.30. The highest BCUT2D eigenvalue weighted by Gasteiger charge is 2.16. The molecule has 1 aliphatic heterocycles. The molecule has 1 aromatic heterocycles. The van der Waals surface area contributed by atoms with Gasteiger partial charge < -0.3 is 5.32 Å². The Morgan fingerprint density at radius 3 is 2.83 bits per heavy atom. The molecule has 2 aromatic rings. The molecule has 0 saturated carbocycles. The minimum Gasteiger partial charge on any atom is -0.312 e. The van der Waals surface area contributed by atoms with Gasteiger partial charge in [0.15, 0.2) is 0 Å². The molecule has 1 N–H and O–H groups in total. The number of hydrogen-bond acceptors (Lipinski definition) is 3. The van der Waals surface area contributed by atoms with Crippen LogP contribution in [0, 0.1) is 0 Å². The van der Waals surface area contributed by atoms with E-state index in [1.807, 2.05) is 18.2 Å². The van der Waals surface area contributed by atoms with Gasteiger partial charge in [-0.2, -0.15) is 0 Å². The van der Waals surface area contributed by atoms with Crippen molar-refractivity contribution in [1.29, 1.82) is 0 Å². The molecule has 4 heteroatoms. The van der Waals surface area contributed by atoms with Crippen molar-refractivity contribution in [3.05, 3.63) is 58.1 Å². The van der Waals surface area contributed by atoms with E-state index >= 15 is 0 Å². The first-order valence-electron chi connectivity index (χ1n) is 6.12. The van der Waals surface area contributed by atoms with E-state index in [-0.39, 0.29) is 0 Å². The fraction of sp³-hybridized carbons (Fsp3) is 0.286. The quantitative estimate of drug-likeness (QED) is 0.842. The second kappa shape index (κ2) is 5.04. The van der Waals surface area contributed by atoms with Crippen molar-refractivity contribution >= 4 is 11.6 Å². The van der Waals surface area contributed by atoms with Crippen LogP contribution in [0.2, 0.25) is 5.15 Å². The van der Waals surface area contributed by atoms with Crippen LogP contribution in [0.4, 0.5) is 0 Å². The number of nitrogens with zero attached hydrogens (tertiary/aromatic N) is 2. The van der Waals surface area contributed by atoms with Crippen molar-refractivity contribution < 1.29 is 0 Å². The Morgan fingerprint density at radius 1 is 1.17 bits per heavy atom. The summed E-state index contributed by atoms with van der Waals surface area (Å²) < 4.78 is 0. The third-order valence-electron chi connectivity index (χ3n) is 3.13. The fourth-order valence-electron chi connectivity index (χ4n) is 2.21. The zero-order valence-electron chi connectivity index (χ0n) is 9.99. The van der Waals surface area contributed by atoms with Crippen LogP contribution in [0.1, 0.15) is 22.6 Å². The number of halogens is 1. The highest BCUT2D eigenvalue weighted by Crippen LogP contribution is 2.20. The highest BCUT2D eigenvalue weighted by atomic mass is 35.5. The lowest BCUT2D eigenvalue weighted by atomic mass is 10.1.